The fourth-order valence-electron chi connectivity index (χ4n) is 2.60. The molecule has 0 radical (unpaired) electrons. The van der Waals surface area contributed by atoms with Crippen molar-refractivity contribution in [1.29, 1.82) is 0 Å². The van der Waals surface area contributed by atoms with Crippen LogP contribution in [0.4, 0.5) is 0 Å². The number of hydrogen-bond donors (Lipinski definition) is 3. The second-order valence-corrected chi connectivity index (χ2v) is 6.25. The normalized spacial score (nSPS) is 10.5. The lowest BCUT2D eigenvalue weighted by Crippen LogP contribution is -2.29. The van der Waals surface area contributed by atoms with Crippen molar-refractivity contribution < 1.29 is 24.2 Å². The summed E-state index contributed by atoms with van der Waals surface area (Å²) in [5.74, 6) is 0.388. The van der Waals surface area contributed by atoms with Gasteiger partial charge in [-0.05, 0) is 48.4 Å². The van der Waals surface area contributed by atoms with Gasteiger partial charge >= 0.3 is 0 Å². The minimum Gasteiger partial charge on any atom is -0.504 e. The zero-order chi connectivity index (χ0) is 21.9. The quantitative estimate of drug-likeness (QED) is 0.316. The van der Waals surface area contributed by atoms with Crippen molar-refractivity contribution in [2.45, 2.75) is 12.8 Å². The molecular formula is C22H25N3O5. The van der Waals surface area contributed by atoms with E-state index < -0.39 is 0 Å². The van der Waals surface area contributed by atoms with E-state index in [1.54, 1.807) is 49.6 Å². The van der Waals surface area contributed by atoms with Gasteiger partial charge in [-0.15, -0.1) is 6.58 Å². The van der Waals surface area contributed by atoms with Crippen molar-refractivity contribution >= 4 is 18.0 Å². The van der Waals surface area contributed by atoms with Crippen molar-refractivity contribution in [2.75, 3.05) is 20.8 Å². The molecule has 2 rings (SSSR count). The number of methoxy groups -OCH3 is 2. The minimum absolute atomic E-state index is 0.0474. The van der Waals surface area contributed by atoms with Crippen LogP contribution in [-0.2, 0) is 11.2 Å². The second-order valence-electron chi connectivity index (χ2n) is 6.25. The Morgan fingerprint density at radius 1 is 1.17 bits per heavy atom. The number of nitrogens with zero attached hydrogens (tertiary/aromatic N) is 1. The first-order chi connectivity index (χ1) is 14.5. The van der Waals surface area contributed by atoms with E-state index >= 15 is 0 Å². The molecule has 2 aromatic carbocycles. The number of carbonyl (C=O) groups is 2. The summed E-state index contributed by atoms with van der Waals surface area (Å²) in [4.78, 5) is 24.0. The highest BCUT2D eigenvalue weighted by Crippen LogP contribution is 2.31. The SMILES string of the molecule is C=CCc1cc(C=NNC(=O)CCNC(=O)c2ccc(OC)cc2)cc(OC)c1O. The smallest absolute Gasteiger partial charge is 0.251 e. The predicted octanol–water partition coefficient (Wildman–Crippen LogP) is 2.41. The largest absolute Gasteiger partial charge is 0.504 e. The maximum absolute atomic E-state index is 12.0. The van der Waals surface area contributed by atoms with Crippen LogP contribution >= 0.6 is 0 Å². The number of aromatic hydroxyl groups is 1. The number of nitrogens with one attached hydrogen (secondary N) is 2. The van der Waals surface area contributed by atoms with Crippen LogP contribution in [0.3, 0.4) is 0 Å². The van der Waals surface area contributed by atoms with Gasteiger partial charge in [-0.25, -0.2) is 5.43 Å². The highest BCUT2D eigenvalue weighted by Gasteiger charge is 2.09. The van der Waals surface area contributed by atoms with Gasteiger partial charge in [-0.1, -0.05) is 6.08 Å². The molecule has 0 aliphatic carbocycles. The molecule has 0 fully saturated rings. The summed E-state index contributed by atoms with van der Waals surface area (Å²) in [6.07, 6.45) is 3.64. The molecule has 3 N–H and O–H groups in total. The molecule has 0 aliphatic rings. The van der Waals surface area contributed by atoms with Gasteiger partial charge in [0.2, 0.25) is 5.91 Å². The van der Waals surface area contributed by atoms with Gasteiger partial charge in [0.1, 0.15) is 5.75 Å². The topological polar surface area (TPSA) is 109 Å². The van der Waals surface area contributed by atoms with Crippen LogP contribution in [0, 0.1) is 0 Å². The van der Waals surface area contributed by atoms with E-state index in [-0.39, 0.29) is 30.5 Å². The molecule has 8 nitrogen and oxygen atoms in total. The number of amides is 2. The third-order valence-electron chi connectivity index (χ3n) is 4.15. The Balaban J connectivity index is 1.84. The number of hydrogen-bond acceptors (Lipinski definition) is 6. The Hall–Kier alpha value is -3.81. The molecule has 0 spiro atoms. The van der Waals surface area contributed by atoms with Gasteiger partial charge in [0.25, 0.3) is 5.91 Å². The molecule has 0 aliphatic heterocycles. The highest BCUT2D eigenvalue weighted by molar-refractivity contribution is 5.94. The van der Waals surface area contributed by atoms with Crippen LogP contribution in [-0.4, -0.2) is 43.9 Å². The third kappa shape index (κ3) is 6.37. The van der Waals surface area contributed by atoms with Crippen LogP contribution in [0.25, 0.3) is 0 Å². The Morgan fingerprint density at radius 2 is 1.90 bits per heavy atom. The fraction of sp³-hybridized carbons (Fsp3) is 0.227. The molecule has 0 unspecified atom stereocenters. The molecule has 30 heavy (non-hydrogen) atoms. The van der Waals surface area contributed by atoms with Crippen LogP contribution < -0.4 is 20.2 Å². The fourth-order valence-corrected chi connectivity index (χ4v) is 2.60. The zero-order valence-electron chi connectivity index (χ0n) is 17.0. The molecule has 0 aromatic heterocycles. The van der Waals surface area contributed by atoms with E-state index in [1.165, 1.54) is 13.3 Å². The summed E-state index contributed by atoms with van der Waals surface area (Å²) in [6, 6.07) is 10.00. The first kappa shape index (κ1) is 22.5. The molecule has 0 saturated carbocycles. The number of phenolic OH excluding ortho intramolecular Hbond substituents is 1. The average Bonchev–Trinajstić information content (AvgIpc) is 2.75. The molecule has 0 bridgehead atoms. The van der Waals surface area contributed by atoms with Crippen LogP contribution in [0.15, 0.2) is 54.2 Å². The lowest BCUT2D eigenvalue weighted by atomic mass is 10.1. The molecule has 158 valence electrons. The Morgan fingerprint density at radius 3 is 2.53 bits per heavy atom. The number of benzene rings is 2. The second kappa shape index (κ2) is 11.3. The number of ether oxygens (including phenoxy) is 2. The number of rotatable bonds is 10. The third-order valence-corrected chi connectivity index (χ3v) is 4.15. The molecule has 2 amide bonds. The summed E-state index contributed by atoms with van der Waals surface area (Å²) in [5.41, 5.74) is 4.17. The van der Waals surface area contributed by atoms with E-state index in [0.717, 1.165) is 0 Å². The van der Waals surface area contributed by atoms with Crippen molar-refractivity contribution in [3.8, 4) is 17.2 Å². The van der Waals surface area contributed by atoms with E-state index in [4.69, 9.17) is 9.47 Å². The van der Waals surface area contributed by atoms with Gasteiger partial charge in [-0.3, -0.25) is 9.59 Å². The Labute approximate surface area is 175 Å². The first-order valence-corrected chi connectivity index (χ1v) is 9.23. The summed E-state index contributed by atoms with van der Waals surface area (Å²) in [6.45, 7) is 3.83. The van der Waals surface area contributed by atoms with Crippen molar-refractivity contribution in [3.63, 3.8) is 0 Å². The van der Waals surface area contributed by atoms with Gasteiger partial charge in [0.05, 0.1) is 20.4 Å². The van der Waals surface area contributed by atoms with Crippen LogP contribution in [0.1, 0.15) is 27.9 Å². The Kier molecular flexibility index (Phi) is 8.43. The molecular weight excluding hydrogens is 386 g/mol. The Bertz CT molecular complexity index is 923. The molecule has 2 aromatic rings. The number of carbonyl (C=O) groups excluding carboxylic acids is 2. The lowest BCUT2D eigenvalue weighted by molar-refractivity contribution is -0.120. The van der Waals surface area contributed by atoms with Gasteiger partial charge in [0.15, 0.2) is 11.5 Å². The molecule has 8 heteroatoms. The maximum atomic E-state index is 12.0. The maximum Gasteiger partial charge on any atom is 0.251 e. The highest BCUT2D eigenvalue weighted by atomic mass is 16.5. The summed E-state index contributed by atoms with van der Waals surface area (Å²) >= 11 is 0. The molecule has 0 heterocycles. The standard InChI is InChI=1S/C22H25N3O5/c1-4-5-17-12-15(13-19(30-3)21(17)27)14-24-25-20(26)10-11-23-22(28)16-6-8-18(29-2)9-7-16/h4,6-9,12-14,27H,1,5,10-11H2,2-3H3,(H,23,28)(H,25,26). The zero-order valence-corrected chi connectivity index (χ0v) is 17.0. The summed E-state index contributed by atoms with van der Waals surface area (Å²) in [5, 5.41) is 16.7. The lowest BCUT2D eigenvalue weighted by Gasteiger charge is -2.09. The van der Waals surface area contributed by atoms with Crippen LogP contribution in [0.5, 0.6) is 17.2 Å². The molecule has 0 atom stereocenters. The van der Waals surface area contributed by atoms with Crippen molar-refractivity contribution in [1.82, 2.24) is 10.7 Å². The van der Waals surface area contributed by atoms with E-state index in [2.05, 4.69) is 22.4 Å². The van der Waals surface area contributed by atoms with E-state index in [1.807, 2.05) is 0 Å². The van der Waals surface area contributed by atoms with Crippen molar-refractivity contribution in [3.05, 3.63) is 65.7 Å². The van der Waals surface area contributed by atoms with Gasteiger partial charge in [-0.2, -0.15) is 5.10 Å². The number of hydrazone groups is 1. The summed E-state index contributed by atoms with van der Waals surface area (Å²) < 4.78 is 10.2. The van der Waals surface area contributed by atoms with Gasteiger partial charge < -0.3 is 19.9 Å². The van der Waals surface area contributed by atoms with Crippen molar-refractivity contribution in [2.24, 2.45) is 5.10 Å². The summed E-state index contributed by atoms with van der Waals surface area (Å²) in [7, 11) is 3.00. The van der Waals surface area contributed by atoms with E-state index in [0.29, 0.717) is 34.6 Å². The van der Waals surface area contributed by atoms with Crippen LogP contribution in [0.2, 0.25) is 0 Å². The monoisotopic (exact) mass is 411 g/mol. The average molecular weight is 411 g/mol. The number of phenols is 1. The molecule has 0 saturated heterocycles. The first-order valence-electron chi connectivity index (χ1n) is 9.23. The minimum atomic E-state index is -0.349. The predicted molar refractivity (Wildman–Crippen MR) is 114 cm³/mol. The van der Waals surface area contributed by atoms with E-state index in [9.17, 15) is 14.7 Å². The number of allylic oxidation sites excluding steroid dienone is 1. The van der Waals surface area contributed by atoms with Gasteiger partial charge in [0, 0.05) is 24.1 Å².